The largest absolute Gasteiger partial charge is 0.496 e. The molecular weight excluding hydrogens is 392 g/mol. The van der Waals surface area contributed by atoms with Crippen molar-refractivity contribution < 1.29 is 9.53 Å². The van der Waals surface area contributed by atoms with E-state index in [0.29, 0.717) is 30.1 Å². The van der Waals surface area contributed by atoms with Gasteiger partial charge in [0.05, 0.1) is 18.5 Å². The fraction of sp³-hybridized carbons (Fsp3) is 0.217. The van der Waals surface area contributed by atoms with E-state index in [-0.39, 0.29) is 5.91 Å². The lowest BCUT2D eigenvalue weighted by atomic mass is 10.1. The number of pyridine rings is 1. The second-order valence-corrected chi connectivity index (χ2v) is 7.12. The standard InChI is InChI=1S/C23H24N6O2/c1-15-17(16(2)29(28-15)22-10-6-7-12-24-22)11-13-25-23(30)20-14-19(26-27-20)18-8-4-5-9-21(18)31-3/h4-10,12,14H,11,13H2,1-3H3,(H,25,30)(H,26,27). The van der Waals surface area contributed by atoms with Crippen LogP contribution in [-0.2, 0) is 6.42 Å². The number of aromatic nitrogens is 5. The van der Waals surface area contributed by atoms with Gasteiger partial charge in [-0.15, -0.1) is 0 Å². The predicted octanol–water partition coefficient (Wildman–Crippen LogP) is 3.26. The van der Waals surface area contributed by atoms with Crippen molar-refractivity contribution in [1.29, 1.82) is 0 Å². The van der Waals surface area contributed by atoms with Crippen molar-refractivity contribution in [3.63, 3.8) is 0 Å². The van der Waals surface area contributed by atoms with Crippen LogP contribution in [-0.4, -0.2) is 44.5 Å². The number of hydrogen-bond acceptors (Lipinski definition) is 5. The average Bonchev–Trinajstić information content (AvgIpc) is 3.40. The first-order chi connectivity index (χ1) is 15.1. The maximum absolute atomic E-state index is 12.6. The molecule has 0 atom stereocenters. The summed E-state index contributed by atoms with van der Waals surface area (Å²) in [6.07, 6.45) is 2.42. The van der Waals surface area contributed by atoms with Gasteiger partial charge in [-0.3, -0.25) is 9.89 Å². The highest BCUT2D eigenvalue weighted by molar-refractivity contribution is 5.93. The monoisotopic (exact) mass is 416 g/mol. The van der Waals surface area contributed by atoms with Gasteiger partial charge in [-0.25, -0.2) is 9.67 Å². The maximum atomic E-state index is 12.6. The molecule has 31 heavy (non-hydrogen) atoms. The first kappa shape index (κ1) is 20.3. The summed E-state index contributed by atoms with van der Waals surface area (Å²) < 4.78 is 7.21. The van der Waals surface area contributed by atoms with Crippen molar-refractivity contribution in [2.45, 2.75) is 20.3 Å². The van der Waals surface area contributed by atoms with E-state index in [9.17, 15) is 4.79 Å². The van der Waals surface area contributed by atoms with Crippen LogP contribution in [0.3, 0.4) is 0 Å². The fourth-order valence-electron chi connectivity index (χ4n) is 3.57. The lowest BCUT2D eigenvalue weighted by Crippen LogP contribution is -2.26. The number of nitrogens with zero attached hydrogens (tertiary/aromatic N) is 4. The van der Waals surface area contributed by atoms with Crippen LogP contribution in [0.5, 0.6) is 5.75 Å². The molecule has 0 aliphatic rings. The lowest BCUT2D eigenvalue weighted by molar-refractivity contribution is 0.0949. The maximum Gasteiger partial charge on any atom is 0.269 e. The van der Waals surface area contributed by atoms with Gasteiger partial charge < -0.3 is 10.1 Å². The molecule has 0 spiro atoms. The second kappa shape index (κ2) is 8.83. The van der Waals surface area contributed by atoms with E-state index >= 15 is 0 Å². The molecule has 0 aliphatic carbocycles. The number of carbonyl (C=O) groups is 1. The summed E-state index contributed by atoms with van der Waals surface area (Å²) in [7, 11) is 1.61. The Hall–Kier alpha value is -3.94. The molecule has 0 radical (unpaired) electrons. The van der Waals surface area contributed by atoms with Crippen molar-refractivity contribution >= 4 is 5.91 Å². The molecule has 3 heterocycles. The van der Waals surface area contributed by atoms with Gasteiger partial charge in [-0.1, -0.05) is 18.2 Å². The minimum atomic E-state index is -0.207. The summed E-state index contributed by atoms with van der Waals surface area (Å²) >= 11 is 0. The highest BCUT2D eigenvalue weighted by atomic mass is 16.5. The molecule has 4 rings (SSSR count). The Morgan fingerprint density at radius 3 is 2.74 bits per heavy atom. The van der Waals surface area contributed by atoms with E-state index in [1.807, 2.05) is 61.0 Å². The smallest absolute Gasteiger partial charge is 0.269 e. The lowest BCUT2D eigenvalue weighted by Gasteiger charge is -2.06. The number of H-pyrrole nitrogens is 1. The number of aromatic amines is 1. The molecule has 0 fully saturated rings. The molecule has 1 aromatic carbocycles. The topological polar surface area (TPSA) is 97.7 Å². The van der Waals surface area contributed by atoms with Gasteiger partial charge in [-0.2, -0.15) is 10.2 Å². The highest BCUT2D eigenvalue weighted by Crippen LogP contribution is 2.28. The zero-order valence-corrected chi connectivity index (χ0v) is 17.7. The van der Waals surface area contributed by atoms with Crippen molar-refractivity contribution in [3.05, 3.63) is 77.4 Å². The number of carbonyl (C=O) groups excluding carboxylic acids is 1. The van der Waals surface area contributed by atoms with E-state index in [4.69, 9.17) is 4.74 Å². The third-order valence-corrected chi connectivity index (χ3v) is 5.17. The predicted molar refractivity (Wildman–Crippen MR) is 117 cm³/mol. The molecule has 0 saturated carbocycles. The van der Waals surface area contributed by atoms with Crippen LogP contribution in [0.25, 0.3) is 17.1 Å². The Labute approximate surface area is 180 Å². The summed E-state index contributed by atoms with van der Waals surface area (Å²) in [5, 5.41) is 14.6. The number of amides is 1. The molecular formula is C23H24N6O2. The zero-order valence-electron chi connectivity index (χ0n) is 17.7. The van der Waals surface area contributed by atoms with Gasteiger partial charge in [-0.05, 0) is 56.2 Å². The van der Waals surface area contributed by atoms with Crippen LogP contribution < -0.4 is 10.1 Å². The Bertz CT molecular complexity index is 1200. The molecule has 0 unspecified atom stereocenters. The van der Waals surface area contributed by atoms with E-state index in [1.165, 1.54) is 0 Å². The van der Waals surface area contributed by atoms with E-state index in [2.05, 4.69) is 25.6 Å². The molecule has 8 nitrogen and oxygen atoms in total. The van der Waals surface area contributed by atoms with Crippen LogP contribution in [0.1, 0.15) is 27.4 Å². The molecule has 4 aromatic rings. The zero-order chi connectivity index (χ0) is 21.8. The van der Waals surface area contributed by atoms with E-state index in [1.54, 1.807) is 19.4 Å². The molecule has 3 aromatic heterocycles. The van der Waals surface area contributed by atoms with Crippen molar-refractivity contribution in [2.24, 2.45) is 0 Å². The summed E-state index contributed by atoms with van der Waals surface area (Å²) in [5.41, 5.74) is 4.94. The fourth-order valence-corrected chi connectivity index (χ4v) is 3.57. The Morgan fingerprint density at radius 2 is 1.97 bits per heavy atom. The SMILES string of the molecule is COc1ccccc1-c1cc(C(=O)NCCc2c(C)nn(-c3ccccn3)c2C)[nH]n1. The minimum absolute atomic E-state index is 0.207. The third-order valence-electron chi connectivity index (χ3n) is 5.17. The molecule has 8 heteroatoms. The summed E-state index contributed by atoms with van der Waals surface area (Å²) in [6, 6.07) is 15.0. The highest BCUT2D eigenvalue weighted by Gasteiger charge is 2.16. The number of rotatable bonds is 7. The van der Waals surface area contributed by atoms with Gasteiger partial charge in [0.2, 0.25) is 0 Å². The molecule has 0 aliphatic heterocycles. The number of para-hydroxylation sites is 1. The third kappa shape index (κ3) is 4.18. The van der Waals surface area contributed by atoms with Gasteiger partial charge in [0.1, 0.15) is 11.4 Å². The van der Waals surface area contributed by atoms with Crippen molar-refractivity contribution in [1.82, 2.24) is 30.3 Å². The van der Waals surface area contributed by atoms with Crippen LogP contribution in [0.15, 0.2) is 54.7 Å². The van der Waals surface area contributed by atoms with Crippen LogP contribution >= 0.6 is 0 Å². The van der Waals surface area contributed by atoms with Gasteiger partial charge in [0, 0.05) is 24.0 Å². The molecule has 158 valence electrons. The number of hydrogen-bond donors (Lipinski definition) is 2. The molecule has 0 bridgehead atoms. The van der Waals surface area contributed by atoms with Crippen LogP contribution in [0.4, 0.5) is 0 Å². The molecule has 0 saturated heterocycles. The number of benzene rings is 1. The normalized spacial score (nSPS) is 10.8. The number of methoxy groups -OCH3 is 1. The quantitative estimate of drug-likeness (QED) is 0.482. The number of ether oxygens (including phenoxy) is 1. The Kier molecular flexibility index (Phi) is 5.79. The number of nitrogens with one attached hydrogen (secondary N) is 2. The van der Waals surface area contributed by atoms with Gasteiger partial charge in [0.15, 0.2) is 5.82 Å². The summed E-state index contributed by atoms with van der Waals surface area (Å²) in [5.74, 6) is 1.28. The molecule has 2 N–H and O–H groups in total. The van der Waals surface area contributed by atoms with E-state index < -0.39 is 0 Å². The average molecular weight is 416 g/mol. The van der Waals surface area contributed by atoms with Crippen LogP contribution in [0, 0.1) is 13.8 Å². The van der Waals surface area contributed by atoms with Gasteiger partial charge in [0.25, 0.3) is 5.91 Å². The first-order valence-corrected chi connectivity index (χ1v) is 10.0. The Morgan fingerprint density at radius 1 is 1.16 bits per heavy atom. The van der Waals surface area contributed by atoms with Crippen molar-refractivity contribution in [2.75, 3.05) is 13.7 Å². The van der Waals surface area contributed by atoms with E-state index in [0.717, 1.165) is 28.3 Å². The first-order valence-electron chi connectivity index (χ1n) is 10.0. The minimum Gasteiger partial charge on any atom is -0.496 e. The second-order valence-electron chi connectivity index (χ2n) is 7.12. The van der Waals surface area contributed by atoms with Crippen molar-refractivity contribution in [3.8, 4) is 22.8 Å². The summed E-state index contributed by atoms with van der Waals surface area (Å²) in [6.45, 7) is 4.47. The van der Waals surface area contributed by atoms with Gasteiger partial charge >= 0.3 is 0 Å². The summed E-state index contributed by atoms with van der Waals surface area (Å²) in [4.78, 5) is 16.9. The van der Waals surface area contributed by atoms with Crippen LogP contribution in [0.2, 0.25) is 0 Å². The number of aryl methyl sites for hydroxylation is 1. The Balaban J connectivity index is 1.42. The molecule has 1 amide bonds.